The Kier molecular flexibility index (Phi) is 6.30. The molecular formula is C57H48BN3. The summed E-state index contributed by atoms with van der Waals surface area (Å²) in [5, 5.41) is 0. The van der Waals surface area contributed by atoms with Gasteiger partial charge in [0.15, 0.2) is 0 Å². The summed E-state index contributed by atoms with van der Waals surface area (Å²) in [7, 11) is 0. The van der Waals surface area contributed by atoms with Gasteiger partial charge < -0.3 is 14.7 Å². The zero-order valence-corrected chi connectivity index (χ0v) is 34.2. The molecule has 294 valence electrons. The van der Waals surface area contributed by atoms with Gasteiger partial charge in [0.05, 0.1) is 13.7 Å². The highest BCUT2D eigenvalue weighted by Crippen LogP contribution is 2.52. The van der Waals surface area contributed by atoms with Gasteiger partial charge in [-0.25, -0.2) is 0 Å². The van der Waals surface area contributed by atoms with E-state index in [-0.39, 0.29) is 29.2 Å². The maximum Gasteiger partial charge on any atom is 0.252 e. The molecule has 0 saturated heterocycles. The molecule has 8 aromatic rings. The lowest BCUT2D eigenvalue weighted by molar-refractivity contribution is 0.444. The average Bonchev–Trinajstić information content (AvgIpc) is 3.63. The van der Waals surface area contributed by atoms with Crippen LogP contribution in [0, 0.1) is 0 Å². The van der Waals surface area contributed by atoms with Crippen LogP contribution in [0.15, 0.2) is 188 Å². The summed E-state index contributed by atoms with van der Waals surface area (Å²) in [5.41, 5.74) is 14.2. The van der Waals surface area contributed by atoms with E-state index in [1.165, 1.54) is 33.6 Å². The summed E-state index contributed by atoms with van der Waals surface area (Å²) in [6, 6.07) is 38.8. The molecule has 4 heteroatoms. The number of hydrogen-bond donors (Lipinski definition) is 0. The van der Waals surface area contributed by atoms with Gasteiger partial charge in [-0.3, -0.25) is 0 Å². The average molecular weight is 796 g/mol. The fraction of sp³-hybridized carbons (Fsp3) is 0.158. The smallest absolute Gasteiger partial charge is 0.252 e. The van der Waals surface area contributed by atoms with E-state index in [4.69, 9.17) is 8.22 Å². The molecule has 0 spiro atoms. The largest absolute Gasteiger partial charge is 0.311 e. The summed E-state index contributed by atoms with van der Waals surface area (Å²) in [4.78, 5) is 5.97. The molecule has 12 rings (SSSR count). The van der Waals surface area contributed by atoms with E-state index in [0.29, 0.717) is 5.92 Å². The molecule has 2 heterocycles. The van der Waals surface area contributed by atoms with Crippen LogP contribution < -0.4 is 31.1 Å². The Balaban J connectivity index is 1.20. The molecule has 8 aromatic carbocycles. The van der Waals surface area contributed by atoms with Crippen molar-refractivity contribution >= 4 is 74.3 Å². The third kappa shape index (κ3) is 5.65. The lowest BCUT2D eigenvalue weighted by Crippen LogP contribution is -2.61. The van der Waals surface area contributed by atoms with Crippen LogP contribution in [-0.4, -0.2) is 6.71 Å². The predicted molar refractivity (Wildman–Crippen MR) is 259 cm³/mol. The van der Waals surface area contributed by atoms with Crippen molar-refractivity contribution in [3.05, 3.63) is 205 Å². The molecule has 0 N–H and O–H groups in total. The molecule has 4 aliphatic rings. The van der Waals surface area contributed by atoms with Crippen molar-refractivity contribution in [2.45, 2.75) is 57.3 Å². The van der Waals surface area contributed by atoms with Crippen LogP contribution in [-0.2, 0) is 5.41 Å². The quantitative estimate of drug-likeness (QED) is 0.155. The van der Waals surface area contributed by atoms with Gasteiger partial charge in [0.25, 0.3) is 6.71 Å². The molecule has 61 heavy (non-hydrogen) atoms. The Bertz CT molecular complexity index is 3430. The molecule has 0 amide bonds. The standard InChI is InChI=1S/C57H48BN3/c1-57(2)48-28-16-15-27-46(48)47-33-31-44(37-49(47)57)61-53-38-45(59(41-21-9-4-10-22-41)42-23-11-5-12-24-42)32-34-51(53)58-50-29-17-18-30-52(50)60(43-25-13-6-14-26-43)54-35-40(36-55(61)56(54)58)39-19-7-3-8-20-39/h4-6,9-18,21-39H,3,7-8,19-20H2,1-2H3/i4D,5D,9D,10D,11D,12D,21D,22D,23D,24D. The van der Waals surface area contributed by atoms with Crippen molar-refractivity contribution in [2.24, 2.45) is 0 Å². The molecule has 0 radical (unpaired) electrons. The Morgan fingerprint density at radius 3 is 1.89 bits per heavy atom. The van der Waals surface area contributed by atoms with Crippen molar-refractivity contribution in [2.75, 3.05) is 14.7 Å². The Morgan fingerprint density at radius 2 is 1.15 bits per heavy atom. The second kappa shape index (κ2) is 14.2. The first-order valence-corrected chi connectivity index (χ1v) is 21.4. The topological polar surface area (TPSA) is 9.72 Å². The van der Waals surface area contributed by atoms with E-state index in [2.05, 4.69) is 127 Å². The highest BCUT2D eigenvalue weighted by Gasteiger charge is 2.45. The number of nitrogens with zero attached hydrogens (tertiary/aromatic N) is 3. The molecule has 1 fully saturated rings. The van der Waals surface area contributed by atoms with Crippen molar-refractivity contribution in [3.63, 3.8) is 0 Å². The molecule has 0 atom stereocenters. The van der Waals surface area contributed by atoms with Gasteiger partial charge in [0.2, 0.25) is 0 Å². The second-order valence-corrected chi connectivity index (χ2v) is 17.2. The number of anilines is 9. The lowest BCUT2D eigenvalue weighted by Gasteiger charge is -2.45. The second-order valence-electron chi connectivity index (χ2n) is 17.2. The van der Waals surface area contributed by atoms with Gasteiger partial charge in [-0.1, -0.05) is 142 Å². The molecule has 3 nitrogen and oxygen atoms in total. The summed E-state index contributed by atoms with van der Waals surface area (Å²) in [6.45, 7) is 4.23. The van der Waals surface area contributed by atoms with Crippen molar-refractivity contribution in [1.82, 2.24) is 0 Å². The number of hydrogen-bond acceptors (Lipinski definition) is 3. The van der Waals surface area contributed by atoms with E-state index in [0.717, 1.165) is 81.8 Å². The summed E-state index contributed by atoms with van der Waals surface area (Å²) >= 11 is 0. The van der Waals surface area contributed by atoms with E-state index in [1.54, 1.807) is 6.07 Å². The fourth-order valence-corrected chi connectivity index (χ4v) is 10.8. The molecule has 0 bridgehead atoms. The van der Waals surface area contributed by atoms with Gasteiger partial charge in [-0.05, 0) is 142 Å². The highest BCUT2D eigenvalue weighted by molar-refractivity contribution is 7.00. The molecule has 0 aromatic heterocycles. The van der Waals surface area contributed by atoms with Crippen molar-refractivity contribution < 1.29 is 13.7 Å². The van der Waals surface area contributed by atoms with E-state index in [1.807, 2.05) is 18.2 Å². The monoisotopic (exact) mass is 795 g/mol. The van der Waals surface area contributed by atoms with Crippen molar-refractivity contribution in [3.8, 4) is 11.1 Å². The van der Waals surface area contributed by atoms with Crippen LogP contribution in [0.25, 0.3) is 11.1 Å². The minimum atomic E-state index is -0.613. The summed E-state index contributed by atoms with van der Waals surface area (Å²) in [6.07, 6.45) is 5.63. The van der Waals surface area contributed by atoms with Gasteiger partial charge in [-0.2, -0.15) is 0 Å². The fourth-order valence-electron chi connectivity index (χ4n) is 10.8. The third-order valence-corrected chi connectivity index (χ3v) is 13.6. The molecule has 0 unspecified atom stereocenters. The maximum absolute atomic E-state index is 9.28. The van der Waals surface area contributed by atoms with Crippen LogP contribution in [0.5, 0.6) is 0 Å². The predicted octanol–water partition coefficient (Wildman–Crippen LogP) is 13.6. The van der Waals surface area contributed by atoms with Crippen LogP contribution in [0.4, 0.5) is 51.2 Å². The lowest BCUT2D eigenvalue weighted by atomic mass is 9.33. The third-order valence-electron chi connectivity index (χ3n) is 13.6. The van der Waals surface area contributed by atoms with Crippen LogP contribution in [0.1, 0.15) is 82.3 Å². The Hall–Kier alpha value is -6.78. The number of para-hydroxylation sites is 4. The van der Waals surface area contributed by atoms with Gasteiger partial charge in [0, 0.05) is 56.6 Å². The van der Waals surface area contributed by atoms with Crippen LogP contribution in [0.2, 0.25) is 0 Å². The first-order valence-electron chi connectivity index (χ1n) is 26.4. The summed E-state index contributed by atoms with van der Waals surface area (Å²) in [5.74, 6) is 0.324. The molecule has 1 saturated carbocycles. The summed E-state index contributed by atoms with van der Waals surface area (Å²) < 4.78 is 89.3. The number of benzene rings is 8. The maximum atomic E-state index is 9.28. The van der Waals surface area contributed by atoms with E-state index < -0.39 is 60.4 Å². The zero-order valence-electron chi connectivity index (χ0n) is 44.2. The van der Waals surface area contributed by atoms with Crippen LogP contribution in [0.3, 0.4) is 0 Å². The van der Waals surface area contributed by atoms with Gasteiger partial charge in [0.1, 0.15) is 0 Å². The minimum Gasteiger partial charge on any atom is -0.311 e. The first kappa shape index (κ1) is 27.1. The Labute approximate surface area is 374 Å². The SMILES string of the molecule is [2H]c1c([2H])c([2H])c(N(c2ccc3c(c2)N(c2ccc4c(c2)C(C)(C)c2ccccc2-4)c2cc(C4CCCCC4)cc4c2B3c2ccccc2N4c2ccccc2)c2c([2H])c([2H])c([2H])c([2H])c2[2H])c([2H])c1[2H]. The molecule has 2 aliphatic carbocycles. The highest BCUT2D eigenvalue weighted by atomic mass is 15.2. The zero-order chi connectivity index (χ0) is 49.4. The normalized spacial score (nSPS) is 18.0. The molecule has 2 aliphatic heterocycles. The number of rotatable bonds is 6. The number of fused-ring (bicyclic) bond motifs is 7. The van der Waals surface area contributed by atoms with Gasteiger partial charge >= 0.3 is 0 Å². The van der Waals surface area contributed by atoms with Gasteiger partial charge in [-0.15, -0.1) is 0 Å². The van der Waals surface area contributed by atoms with Crippen molar-refractivity contribution in [1.29, 1.82) is 0 Å². The van der Waals surface area contributed by atoms with E-state index >= 15 is 0 Å². The Morgan fingerprint density at radius 1 is 0.525 bits per heavy atom. The molecular weight excluding hydrogens is 737 g/mol. The van der Waals surface area contributed by atoms with E-state index in [9.17, 15) is 5.48 Å². The minimum absolute atomic E-state index is 0.252. The first-order chi connectivity index (χ1) is 34.2. The van der Waals surface area contributed by atoms with Crippen LogP contribution >= 0.6 is 0 Å².